The molecule has 14 rings (SSSR count). The zero-order valence-electron chi connectivity index (χ0n) is 49.8. The molecule has 0 bridgehead atoms. The van der Waals surface area contributed by atoms with Gasteiger partial charge in [0.2, 0.25) is 0 Å². The van der Waals surface area contributed by atoms with Crippen LogP contribution in [0.15, 0.2) is 285 Å². The van der Waals surface area contributed by atoms with Crippen LogP contribution >= 0.6 is 0 Å². The highest BCUT2D eigenvalue weighted by Gasteiger charge is 2.46. The maximum Gasteiger partial charge on any atom is 0.0713 e. The molecule has 2 atom stereocenters. The fourth-order valence-electron chi connectivity index (χ4n) is 14.1. The molecule has 2 aliphatic carbocycles. The molecule has 12 aromatic carbocycles. The Morgan fingerprint density at radius 2 is 0.906 bits per heavy atom. The average Bonchev–Trinajstić information content (AvgIpc) is 1.62. The molecule has 2 unspecified atom stereocenters. The highest BCUT2D eigenvalue weighted by molar-refractivity contribution is 6.01. The first-order chi connectivity index (χ1) is 41.3. The lowest BCUT2D eigenvalue weighted by Gasteiger charge is -2.35. The largest absolute Gasteiger partial charge is 0.309 e. The normalized spacial score (nSPS) is 15.0. The van der Waals surface area contributed by atoms with Crippen LogP contribution in [0, 0.1) is 5.92 Å². The average molecular weight is 1090 g/mol. The van der Waals surface area contributed by atoms with Gasteiger partial charge in [0.25, 0.3) is 0 Å². The molecule has 0 N–H and O–H groups in total. The molecule has 1 nitrogen and oxygen atoms in total. The Kier molecular flexibility index (Phi) is 13.4. The van der Waals surface area contributed by atoms with Crippen LogP contribution in [-0.4, -0.2) is 0 Å². The number of hydrogen-bond donors (Lipinski definition) is 0. The zero-order valence-corrected chi connectivity index (χ0v) is 49.8. The van der Waals surface area contributed by atoms with Crippen LogP contribution in [0.2, 0.25) is 0 Å². The molecular weight excluding hydrogens is 1020 g/mol. The van der Waals surface area contributed by atoms with Crippen LogP contribution in [0.3, 0.4) is 0 Å². The molecule has 0 aliphatic heterocycles. The Morgan fingerprint density at radius 1 is 0.365 bits per heavy atom. The maximum atomic E-state index is 2.56. The van der Waals surface area contributed by atoms with E-state index in [4.69, 9.17) is 0 Å². The van der Waals surface area contributed by atoms with Gasteiger partial charge in [-0.15, -0.1) is 0 Å². The highest BCUT2D eigenvalue weighted by atomic mass is 15.1. The van der Waals surface area contributed by atoms with Crippen molar-refractivity contribution >= 4 is 33.9 Å². The molecule has 412 valence electrons. The lowest BCUT2D eigenvalue weighted by atomic mass is 9.67. The molecule has 0 heterocycles. The summed E-state index contributed by atoms with van der Waals surface area (Å²) in [5.74, 6) is 0.381. The van der Waals surface area contributed by atoms with Crippen molar-refractivity contribution in [2.24, 2.45) is 5.92 Å². The fraction of sp³-hybridized carbons (Fsp3) is 0.143. The lowest BCUT2D eigenvalue weighted by molar-refractivity contribution is 0.559. The van der Waals surface area contributed by atoms with Gasteiger partial charge >= 0.3 is 0 Å². The molecule has 0 amide bonds. The summed E-state index contributed by atoms with van der Waals surface area (Å²) >= 11 is 0. The summed E-state index contributed by atoms with van der Waals surface area (Å²) in [4.78, 5) is 2.56. The van der Waals surface area contributed by atoms with E-state index in [1.807, 2.05) is 0 Å². The standard InChI is InChI=1S/C84H71N/c1-56-41-42-60-29-24-38-75(81(60)80(56)63-51-66(82(2,3)4)55-67(52-63)83(5,6)7)74-36-20-22-40-78(74)85(79-54-62(46-49-71(79)59-25-11-8-12-26-59)70-37-23-28-58-27-17-18-34-69(58)70)68-47-43-57(44-48-68)61-45-50-73-72-35-19-21-39-76(72)84(77(73)53-61,64-30-13-9-14-31-64)65-32-15-10-16-33-65/h8-56,80H,1-7H3. The number of anilines is 3. The summed E-state index contributed by atoms with van der Waals surface area (Å²) in [6.45, 7) is 16.5. The number of fused-ring (bicyclic) bond motifs is 5. The van der Waals surface area contributed by atoms with Crippen molar-refractivity contribution in [2.45, 2.75) is 70.6 Å². The molecule has 0 fully saturated rings. The second-order valence-corrected chi connectivity index (χ2v) is 25.7. The second-order valence-electron chi connectivity index (χ2n) is 25.7. The monoisotopic (exact) mass is 1090 g/mol. The van der Waals surface area contributed by atoms with Crippen molar-refractivity contribution in [1.29, 1.82) is 0 Å². The van der Waals surface area contributed by atoms with Crippen LogP contribution < -0.4 is 4.90 Å². The molecule has 12 aromatic rings. The number of nitrogens with zero attached hydrogens (tertiary/aromatic N) is 1. The number of benzene rings is 12. The number of allylic oxidation sites excluding steroid dienone is 1. The Balaban J connectivity index is 0.988. The third-order valence-electron chi connectivity index (χ3n) is 18.4. The van der Waals surface area contributed by atoms with Crippen molar-refractivity contribution in [3.8, 4) is 55.6 Å². The van der Waals surface area contributed by atoms with E-state index in [1.165, 1.54) is 94.2 Å². The fourth-order valence-corrected chi connectivity index (χ4v) is 14.1. The first kappa shape index (κ1) is 53.4. The molecule has 0 saturated carbocycles. The Labute approximate surface area is 503 Å². The van der Waals surface area contributed by atoms with E-state index >= 15 is 0 Å². The zero-order chi connectivity index (χ0) is 58.0. The number of hydrogen-bond acceptors (Lipinski definition) is 1. The van der Waals surface area contributed by atoms with Crippen molar-refractivity contribution in [3.63, 3.8) is 0 Å². The highest BCUT2D eigenvalue weighted by Crippen LogP contribution is 2.57. The van der Waals surface area contributed by atoms with Crippen molar-refractivity contribution < 1.29 is 0 Å². The van der Waals surface area contributed by atoms with Gasteiger partial charge < -0.3 is 4.90 Å². The van der Waals surface area contributed by atoms with E-state index in [0.717, 1.165) is 39.3 Å². The van der Waals surface area contributed by atoms with Gasteiger partial charge in [0, 0.05) is 22.7 Å². The van der Waals surface area contributed by atoms with E-state index in [1.54, 1.807) is 0 Å². The molecule has 1 heteroatoms. The quantitative estimate of drug-likeness (QED) is 0.132. The van der Waals surface area contributed by atoms with Crippen LogP contribution in [0.5, 0.6) is 0 Å². The topological polar surface area (TPSA) is 3.24 Å². The van der Waals surface area contributed by atoms with Gasteiger partial charge in [-0.2, -0.15) is 0 Å². The predicted molar refractivity (Wildman–Crippen MR) is 362 cm³/mol. The molecule has 85 heavy (non-hydrogen) atoms. The molecule has 0 spiro atoms. The molecule has 0 saturated heterocycles. The van der Waals surface area contributed by atoms with Gasteiger partial charge in [-0.3, -0.25) is 0 Å². The van der Waals surface area contributed by atoms with Crippen LogP contribution in [-0.2, 0) is 16.2 Å². The Hall–Kier alpha value is -9.56. The van der Waals surface area contributed by atoms with Crippen LogP contribution in [0.25, 0.3) is 72.5 Å². The summed E-state index contributed by atoms with van der Waals surface area (Å²) in [5, 5.41) is 2.45. The van der Waals surface area contributed by atoms with Gasteiger partial charge in [-0.25, -0.2) is 0 Å². The third kappa shape index (κ3) is 9.35. The van der Waals surface area contributed by atoms with Crippen molar-refractivity contribution in [2.75, 3.05) is 4.90 Å². The van der Waals surface area contributed by atoms with E-state index < -0.39 is 5.41 Å². The summed E-state index contributed by atoms with van der Waals surface area (Å²) in [6, 6.07) is 105. The van der Waals surface area contributed by atoms with Gasteiger partial charge in [0.1, 0.15) is 0 Å². The summed E-state index contributed by atoms with van der Waals surface area (Å²) in [5.41, 5.74) is 26.7. The Bertz CT molecular complexity index is 4420. The van der Waals surface area contributed by atoms with Gasteiger partial charge in [0.15, 0.2) is 0 Å². The number of rotatable bonds is 10. The Morgan fingerprint density at radius 3 is 1.61 bits per heavy atom. The first-order valence-electron chi connectivity index (χ1n) is 30.3. The molecular formula is C84H71N. The van der Waals surface area contributed by atoms with Gasteiger partial charge in [-0.1, -0.05) is 309 Å². The van der Waals surface area contributed by atoms with Gasteiger partial charge in [-0.05, 0) is 152 Å². The van der Waals surface area contributed by atoms with Crippen molar-refractivity contribution in [1.82, 2.24) is 0 Å². The summed E-state index contributed by atoms with van der Waals surface area (Å²) in [6.07, 6.45) is 4.81. The minimum Gasteiger partial charge on any atom is -0.309 e. The lowest BCUT2D eigenvalue weighted by Crippen LogP contribution is -2.28. The first-order valence-corrected chi connectivity index (χ1v) is 30.3. The minimum absolute atomic E-state index is 0.0207. The van der Waals surface area contributed by atoms with Crippen molar-refractivity contribution in [3.05, 3.63) is 335 Å². The minimum atomic E-state index is -0.499. The second kappa shape index (κ2) is 21.3. The molecule has 0 aromatic heterocycles. The van der Waals surface area contributed by atoms with E-state index in [2.05, 4.69) is 345 Å². The SMILES string of the molecule is CC1C=Cc2cccc(-c3ccccc3N(c3ccc(-c4ccc5c(c4)C(c4ccccc4)(c4ccccc4)c4ccccc4-5)cc3)c3cc(-c4cccc5ccccc45)ccc3-c3ccccc3)c2C1c1cc(C(C)(C)C)cc(C(C)(C)C)c1. The number of para-hydroxylation sites is 1. The van der Waals surface area contributed by atoms with Crippen LogP contribution in [0.4, 0.5) is 17.1 Å². The predicted octanol–water partition coefficient (Wildman–Crippen LogP) is 22.7. The molecule has 0 radical (unpaired) electrons. The maximum absolute atomic E-state index is 2.56. The van der Waals surface area contributed by atoms with E-state index in [-0.39, 0.29) is 22.7 Å². The third-order valence-corrected chi connectivity index (χ3v) is 18.4. The smallest absolute Gasteiger partial charge is 0.0713 e. The van der Waals surface area contributed by atoms with Crippen LogP contribution in [0.1, 0.15) is 104 Å². The molecule has 2 aliphatic rings. The summed E-state index contributed by atoms with van der Waals surface area (Å²) < 4.78 is 0. The van der Waals surface area contributed by atoms with E-state index in [9.17, 15) is 0 Å². The summed E-state index contributed by atoms with van der Waals surface area (Å²) in [7, 11) is 0. The van der Waals surface area contributed by atoms with E-state index in [0.29, 0.717) is 0 Å². The van der Waals surface area contributed by atoms with Gasteiger partial charge in [0.05, 0.1) is 16.8 Å².